The lowest BCUT2D eigenvalue weighted by Gasteiger charge is -2.09. The van der Waals surface area contributed by atoms with Crippen molar-refractivity contribution in [3.63, 3.8) is 0 Å². The number of rotatable bonds is 5. The van der Waals surface area contributed by atoms with Crippen molar-refractivity contribution in [1.29, 1.82) is 10.7 Å². The van der Waals surface area contributed by atoms with Crippen molar-refractivity contribution in [2.45, 2.75) is 6.61 Å². The Labute approximate surface area is 123 Å². The Morgan fingerprint density at radius 1 is 1.24 bits per heavy atom. The molecule has 0 fully saturated rings. The van der Waals surface area contributed by atoms with Gasteiger partial charge in [-0.1, -0.05) is 12.1 Å². The van der Waals surface area contributed by atoms with Gasteiger partial charge in [0, 0.05) is 5.56 Å². The van der Waals surface area contributed by atoms with Crippen LogP contribution in [0.15, 0.2) is 42.5 Å². The van der Waals surface area contributed by atoms with E-state index < -0.39 is 0 Å². The second kappa shape index (κ2) is 6.44. The van der Waals surface area contributed by atoms with E-state index in [4.69, 9.17) is 25.9 Å². The van der Waals surface area contributed by atoms with Crippen molar-refractivity contribution in [2.24, 2.45) is 5.73 Å². The Morgan fingerprint density at radius 3 is 2.52 bits per heavy atom. The normalized spacial score (nSPS) is 9.71. The largest absolute Gasteiger partial charge is 0.497 e. The molecule has 21 heavy (non-hydrogen) atoms. The molecule has 0 bridgehead atoms. The molecule has 0 radical (unpaired) electrons. The van der Waals surface area contributed by atoms with Crippen molar-refractivity contribution < 1.29 is 9.47 Å². The van der Waals surface area contributed by atoms with Gasteiger partial charge in [-0.05, 0) is 35.9 Å². The molecule has 2 aromatic carbocycles. The monoisotopic (exact) mass is 281 g/mol. The predicted molar refractivity (Wildman–Crippen MR) is 79.5 cm³/mol. The quantitative estimate of drug-likeness (QED) is 0.650. The van der Waals surface area contributed by atoms with Crippen LogP contribution in [-0.4, -0.2) is 12.9 Å². The first-order valence-corrected chi connectivity index (χ1v) is 6.28. The number of methoxy groups -OCH3 is 1. The Morgan fingerprint density at radius 2 is 1.95 bits per heavy atom. The van der Waals surface area contributed by atoms with Gasteiger partial charge in [-0.25, -0.2) is 0 Å². The molecular formula is C16H15N3O2. The van der Waals surface area contributed by atoms with Crippen LogP contribution >= 0.6 is 0 Å². The average molecular weight is 281 g/mol. The molecule has 106 valence electrons. The van der Waals surface area contributed by atoms with E-state index in [-0.39, 0.29) is 5.84 Å². The van der Waals surface area contributed by atoms with Crippen molar-refractivity contribution >= 4 is 5.84 Å². The third-order valence-corrected chi connectivity index (χ3v) is 2.96. The fourth-order valence-electron chi connectivity index (χ4n) is 1.79. The zero-order chi connectivity index (χ0) is 15.2. The lowest BCUT2D eigenvalue weighted by molar-refractivity contribution is 0.305. The molecule has 2 aromatic rings. The van der Waals surface area contributed by atoms with Crippen molar-refractivity contribution in [3.8, 4) is 17.6 Å². The summed E-state index contributed by atoms with van der Waals surface area (Å²) in [6.45, 7) is 0.345. The van der Waals surface area contributed by atoms with Gasteiger partial charge in [0.1, 0.15) is 30.0 Å². The topological polar surface area (TPSA) is 92.1 Å². The summed E-state index contributed by atoms with van der Waals surface area (Å²) < 4.78 is 10.7. The van der Waals surface area contributed by atoms with E-state index in [1.54, 1.807) is 25.3 Å². The van der Waals surface area contributed by atoms with E-state index in [0.717, 1.165) is 11.3 Å². The number of benzene rings is 2. The van der Waals surface area contributed by atoms with Crippen molar-refractivity contribution in [1.82, 2.24) is 0 Å². The Hall–Kier alpha value is -3.00. The lowest BCUT2D eigenvalue weighted by atomic mass is 10.1. The van der Waals surface area contributed by atoms with Crippen LogP contribution in [0.3, 0.4) is 0 Å². The molecule has 5 nitrogen and oxygen atoms in total. The molecule has 0 saturated carbocycles. The van der Waals surface area contributed by atoms with Gasteiger partial charge in [-0.3, -0.25) is 5.41 Å². The smallest absolute Gasteiger partial charge is 0.137 e. The minimum Gasteiger partial charge on any atom is -0.497 e. The zero-order valence-corrected chi connectivity index (χ0v) is 11.6. The van der Waals surface area contributed by atoms with Crippen molar-refractivity contribution in [3.05, 3.63) is 59.2 Å². The number of nitrogens with one attached hydrogen (secondary N) is 1. The van der Waals surface area contributed by atoms with Gasteiger partial charge in [-0.15, -0.1) is 0 Å². The van der Waals surface area contributed by atoms with Crippen molar-refractivity contribution in [2.75, 3.05) is 7.11 Å². The van der Waals surface area contributed by atoms with Crippen LogP contribution < -0.4 is 15.2 Å². The van der Waals surface area contributed by atoms with Crippen LogP contribution in [0.2, 0.25) is 0 Å². The molecule has 0 amide bonds. The van der Waals surface area contributed by atoms with E-state index in [1.807, 2.05) is 30.3 Å². The number of hydrogen-bond acceptors (Lipinski definition) is 4. The van der Waals surface area contributed by atoms with E-state index in [2.05, 4.69) is 0 Å². The predicted octanol–water partition coefficient (Wildman–Crippen LogP) is 2.43. The van der Waals surface area contributed by atoms with Crippen LogP contribution in [0, 0.1) is 16.7 Å². The third-order valence-electron chi connectivity index (χ3n) is 2.96. The van der Waals surface area contributed by atoms with E-state index >= 15 is 0 Å². The van der Waals surface area contributed by atoms with Crippen LogP contribution in [0.25, 0.3) is 0 Å². The van der Waals surface area contributed by atoms with Gasteiger partial charge in [0.15, 0.2) is 0 Å². The molecule has 0 unspecified atom stereocenters. The fourth-order valence-corrected chi connectivity index (χ4v) is 1.79. The molecular weight excluding hydrogens is 266 g/mol. The number of nitriles is 1. The van der Waals surface area contributed by atoms with Gasteiger partial charge < -0.3 is 15.2 Å². The minimum absolute atomic E-state index is 0.0757. The highest BCUT2D eigenvalue weighted by Gasteiger charge is 2.07. The second-order valence-electron chi connectivity index (χ2n) is 4.37. The molecule has 0 aliphatic rings. The van der Waals surface area contributed by atoms with Gasteiger partial charge in [-0.2, -0.15) is 5.26 Å². The van der Waals surface area contributed by atoms with Crippen LogP contribution in [0.5, 0.6) is 11.5 Å². The van der Waals surface area contributed by atoms with Gasteiger partial charge in [0.25, 0.3) is 0 Å². The number of nitrogens with two attached hydrogens (primary N) is 1. The first-order chi connectivity index (χ1) is 10.1. The fraction of sp³-hybridized carbons (Fsp3) is 0.125. The molecule has 0 heterocycles. The van der Waals surface area contributed by atoms with Crippen LogP contribution in [-0.2, 0) is 6.61 Å². The summed E-state index contributed by atoms with van der Waals surface area (Å²) in [7, 11) is 1.61. The molecule has 0 aromatic heterocycles. The second-order valence-corrected chi connectivity index (χ2v) is 4.37. The summed E-state index contributed by atoms with van der Waals surface area (Å²) in [6.07, 6.45) is 0. The minimum atomic E-state index is -0.0757. The molecule has 0 aliphatic carbocycles. The number of ether oxygens (including phenoxy) is 2. The Bertz CT molecular complexity index is 688. The molecule has 5 heteroatoms. The average Bonchev–Trinajstić information content (AvgIpc) is 2.53. The van der Waals surface area contributed by atoms with Gasteiger partial charge in [0.05, 0.1) is 12.7 Å². The molecule has 0 spiro atoms. The zero-order valence-electron chi connectivity index (χ0n) is 11.6. The molecule has 0 atom stereocenters. The maximum atomic E-state index is 9.13. The summed E-state index contributed by atoms with van der Waals surface area (Å²) in [5.41, 5.74) is 7.23. The number of amidine groups is 1. The molecule has 0 saturated heterocycles. The Kier molecular flexibility index (Phi) is 4.42. The summed E-state index contributed by atoms with van der Waals surface area (Å²) in [4.78, 5) is 0. The van der Waals surface area contributed by atoms with Gasteiger partial charge >= 0.3 is 0 Å². The first-order valence-electron chi connectivity index (χ1n) is 6.28. The van der Waals surface area contributed by atoms with E-state index in [9.17, 15) is 0 Å². The standard InChI is InChI=1S/C16H15N3O2/c1-20-14-5-2-11(3-6-14)10-21-15-7-4-12(16(18)19)8-13(15)9-17/h2-8H,10H2,1H3,(H3,18,19). The maximum Gasteiger partial charge on any atom is 0.137 e. The van der Waals surface area contributed by atoms with Crippen LogP contribution in [0.4, 0.5) is 0 Å². The SMILES string of the molecule is COc1ccc(COc2ccc(C(=N)N)cc2C#N)cc1. The maximum absolute atomic E-state index is 9.13. The highest BCUT2D eigenvalue weighted by Crippen LogP contribution is 2.21. The number of nitrogens with zero attached hydrogens (tertiary/aromatic N) is 1. The number of hydrogen-bond donors (Lipinski definition) is 2. The highest BCUT2D eigenvalue weighted by atomic mass is 16.5. The first kappa shape index (κ1) is 14.4. The molecule has 2 rings (SSSR count). The van der Waals surface area contributed by atoms with E-state index in [1.165, 1.54) is 0 Å². The third kappa shape index (κ3) is 3.51. The summed E-state index contributed by atoms with van der Waals surface area (Å²) in [5.74, 6) is 1.17. The highest BCUT2D eigenvalue weighted by molar-refractivity contribution is 5.95. The molecule has 3 N–H and O–H groups in total. The number of nitrogen functional groups attached to an aromatic ring is 1. The van der Waals surface area contributed by atoms with E-state index in [0.29, 0.717) is 23.5 Å². The lowest BCUT2D eigenvalue weighted by Crippen LogP contribution is -2.11. The summed E-state index contributed by atoms with van der Waals surface area (Å²) in [6, 6.07) is 14.4. The molecule has 0 aliphatic heterocycles. The van der Waals surface area contributed by atoms with Gasteiger partial charge in [0.2, 0.25) is 0 Å². The summed E-state index contributed by atoms with van der Waals surface area (Å²) in [5, 5.41) is 16.5. The van der Waals surface area contributed by atoms with Crippen LogP contribution in [0.1, 0.15) is 16.7 Å². The Balaban J connectivity index is 2.12. The summed E-state index contributed by atoms with van der Waals surface area (Å²) >= 11 is 0.